The van der Waals surface area contributed by atoms with Gasteiger partial charge in [0.15, 0.2) is 0 Å². The molecule has 28 heavy (non-hydrogen) atoms. The maximum absolute atomic E-state index is 14.1. The van der Waals surface area contributed by atoms with Crippen LogP contribution in [0.25, 0.3) is 16.7 Å². The lowest BCUT2D eigenvalue weighted by Crippen LogP contribution is -2.43. The van der Waals surface area contributed by atoms with E-state index >= 15 is 0 Å². The predicted molar refractivity (Wildman–Crippen MR) is 110 cm³/mol. The molecule has 0 radical (unpaired) electrons. The number of aryl methyl sites for hydroxylation is 1. The van der Waals surface area contributed by atoms with Gasteiger partial charge in [0.05, 0.1) is 30.5 Å². The zero-order valence-electron chi connectivity index (χ0n) is 15.3. The van der Waals surface area contributed by atoms with Gasteiger partial charge in [0.1, 0.15) is 11.9 Å². The molecule has 1 fully saturated rings. The molecular weight excluding hydrogens is 373 g/mol. The average Bonchev–Trinajstić information content (AvgIpc) is 3.03. The monoisotopic (exact) mass is 391 g/mol. The number of hydrogen-bond donors (Lipinski definition) is 2. The molecule has 1 aromatic carbocycles. The second-order valence-electron chi connectivity index (χ2n) is 6.75. The molecule has 1 aromatic heterocycles. The van der Waals surface area contributed by atoms with Gasteiger partial charge in [-0.25, -0.2) is 4.39 Å². The van der Waals surface area contributed by atoms with Crippen molar-refractivity contribution in [3.63, 3.8) is 0 Å². The van der Waals surface area contributed by atoms with Crippen molar-refractivity contribution >= 4 is 22.6 Å². The fraction of sp³-hybridized carbons (Fsp3) is 0.182. The number of hydrogen-bond acceptors (Lipinski definition) is 5. The summed E-state index contributed by atoms with van der Waals surface area (Å²) in [6.07, 6.45) is 7.53. The number of halogens is 1. The summed E-state index contributed by atoms with van der Waals surface area (Å²) in [5.74, 6) is -0.516. The molecule has 0 saturated carbocycles. The van der Waals surface area contributed by atoms with Crippen LogP contribution < -0.4 is 5.32 Å². The molecule has 2 aromatic rings. The van der Waals surface area contributed by atoms with Gasteiger partial charge in [-0.3, -0.25) is 0 Å². The maximum Gasteiger partial charge on any atom is 0.141 e. The molecule has 1 saturated heterocycles. The number of nitrogens with zero attached hydrogens (tertiary/aromatic N) is 1. The number of rotatable bonds is 4. The summed E-state index contributed by atoms with van der Waals surface area (Å²) in [5.41, 5.74) is 3.92. The van der Waals surface area contributed by atoms with Crippen LogP contribution >= 0.6 is 11.3 Å². The van der Waals surface area contributed by atoms with Crippen molar-refractivity contribution in [2.45, 2.75) is 13.0 Å². The van der Waals surface area contributed by atoms with Crippen LogP contribution in [0.5, 0.6) is 0 Å². The molecule has 4 nitrogen and oxygen atoms in total. The minimum absolute atomic E-state index is 0.0405. The highest BCUT2D eigenvalue weighted by molar-refractivity contribution is 7.13. The lowest BCUT2D eigenvalue weighted by atomic mass is 9.95. The molecule has 1 aliphatic heterocycles. The summed E-state index contributed by atoms with van der Waals surface area (Å²) in [6, 6.07) is 8.88. The van der Waals surface area contributed by atoms with E-state index in [-0.39, 0.29) is 5.56 Å². The van der Waals surface area contributed by atoms with Gasteiger partial charge in [0, 0.05) is 27.1 Å². The van der Waals surface area contributed by atoms with Crippen LogP contribution in [0.15, 0.2) is 54.3 Å². The molecule has 0 amide bonds. The molecule has 0 bridgehead atoms. The van der Waals surface area contributed by atoms with Crippen molar-refractivity contribution in [1.82, 2.24) is 5.32 Å². The summed E-state index contributed by atoms with van der Waals surface area (Å²) in [6.45, 7) is 3.38. The van der Waals surface area contributed by atoms with Crippen molar-refractivity contribution in [3.8, 4) is 17.2 Å². The third kappa shape index (κ3) is 3.55. The molecule has 6 heteroatoms. The second-order valence-corrected chi connectivity index (χ2v) is 8.01. The van der Waals surface area contributed by atoms with Gasteiger partial charge < -0.3 is 15.5 Å². The van der Waals surface area contributed by atoms with E-state index in [9.17, 15) is 4.39 Å². The molecular formula is C22H18FN3OS. The summed E-state index contributed by atoms with van der Waals surface area (Å²) < 4.78 is 19.3. The number of ether oxygens (including phenoxy) is 1. The fourth-order valence-electron chi connectivity index (χ4n) is 3.08. The number of nitrogens with one attached hydrogen (secondary N) is 2. The van der Waals surface area contributed by atoms with Crippen LogP contribution in [0.3, 0.4) is 0 Å². The zero-order chi connectivity index (χ0) is 19.7. The van der Waals surface area contributed by atoms with Gasteiger partial charge in [0.2, 0.25) is 0 Å². The van der Waals surface area contributed by atoms with Crippen molar-refractivity contribution in [2.24, 2.45) is 0 Å². The third-order valence-electron chi connectivity index (χ3n) is 4.68. The summed E-state index contributed by atoms with van der Waals surface area (Å²) in [7, 11) is 0. The normalized spacial score (nSPS) is 18.0. The second kappa shape index (κ2) is 7.55. The zero-order valence-corrected chi connectivity index (χ0v) is 16.1. The van der Waals surface area contributed by atoms with Crippen molar-refractivity contribution < 1.29 is 9.13 Å². The topological polar surface area (TPSA) is 68.9 Å². The Morgan fingerprint density at radius 2 is 2.14 bits per heavy atom. The van der Waals surface area contributed by atoms with Gasteiger partial charge in [-0.05, 0) is 48.4 Å². The van der Waals surface area contributed by atoms with Gasteiger partial charge in [-0.1, -0.05) is 12.1 Å². The highest BCUT2D eigenvalue weighted by atomic mass is 32.1. The Labute approximate surface area is 166 Å². The molecule has 4 rings (SSSR count). The Bertz CT molecular complexity index is 1080. The quantitative estimate of drug-likeness (QED) is 0.802. The Balaban J connectivity index is 1.71. The number of benzene rings is 1. The predicted octanol–water partition coefficient (Wildman–Crippen LogP) is 4.58. The molecule has 0 unspecified atom stereocenters. The smallest absolute Gasteiger partial charge is 0.141 e. The molecule has 1 aliphatic carbocycles. The van der Waals surface area contributed by atoms with Crippen molar-refractivity contribution in [1.29, 1.82) is 10.7 Å². The van der Waals surface area contributed by atoms with E-state index in [0.717, 1.165) is 32.0 Å². The first-order valence-electron chi connectivity index (χ1n) is 8.88. The Morgan fingerprint density at radius 1 is 1.32 bits per heavy atom. The lowest BCUT2D eigenvalue weighted by Gasteiger charge is -2.26. The lowest BCUT2D eigenvalue weighted by molar-refractivity contribution is 0.000734. The van der Waals surface area contributed by atoms with Gasteiger partial charge >= 0.3 is 0 Å². The summed E-state index contributed by atoms with van der Waals surface area (Å²) >= 11 is 1.63. The first kappa shape index (κ1) is 18.4. The van der Waals surface area contributed by atoms with E-state index in [0.29, 0.717) is 25.0 Å². The number of thiophene rings is 1. The SMILES string of the molecule is Cc1cc(-c2ccc(C#N)c(F)c2)c(C2=C/C(=C/NC3COC3)C(=N)C=C2)s1. The number of allylic oxidation sites excluding steroid dienone is 5. The molecule has 140 valence electrons. The first-order chi connectivity index (χ1) is 13.5. The van der Waals surface area contributed by atoms with E-state index in [1.807, 2.05) is 37.4 Å². The van der Waals surface area contributed by atoms with Gasteiger partial charge in [-0.15, -0.1) is 11.3 Å². The Kier molecular flexibility index (Phi) is 4.95. The van der Waals surface area contributed by atoms with Crippen LogP contribution in [0.4, 0.5) is 4.39 Å². The molecule has 0 atom stereocenters. The van der Waals surface area contributed by atoms with E-state index in [1.54, 1.807) is 23.5 Å². The van der Waals surface area contributed by atoms with Crippen molar-refractivity contribution in [3.05, 3.63) is 75.4 Å². The Morgan fingerprint density at radius 3 is 2.82 bits per heavy atom. The van der Waals surface area contributed by atoms with Crippen LogP contribution in [0, 0.1) is 29.5 Å². The van der Waals surface area contributed by atoms with Crippen LogP contribution in [0.1, 0.15) is 15.3 Å². The molecule has 2 N–H and O–H groups in total. The summed E-state index contributed by atoms with van der Waals surface area (Å²) in [5, 5.41) is 20.4. The Hall–Kier alpha value is -3.01. The molecule has 2 heterocycles. The minimum Gasteiger partial charge on any atom is -0.383 e. The molecule has 2 aliphatic rings. The minimum atomic E-state index is -0.516. The van der Waals surface area contributed by atoms with E-state index in [1.165, 1.54) is 12.1 Å². The van der Waals surface area contributed by atoms with Crippen LogP contribution in [-0.2, 0) is 4.74 Å². The summed E-state index contributed by atoms with van der Waals surface area (Å²) in [4.78, 5) is 2.13. The van der Waals surface area contributed by atoms with E-state index in [4.69, 9.17) is 15.4 Å². The van der Waals surface area contributed by atoms with Gasteiger partial charge in [0.25, 0.3) is 0 Å². The van der Waals surface area contributed by atoms with Crippen molar-refractivity contribution in [2.75, 3.05) is 13.2 Å². The van der Waals surface area contributed by atoms with Crippen LogP contribution in [-0.4, -0.2) is 25.0 Å². The largest absolute Gasteiger partial charge is 0.383 e. The standard InChI is InChI=1S/C22H18FN3OS/c1-13-6-19(14-2-3-16(9-24)20(23)8-14)22(28-13)15-4-5-21(25)17(7-15)10-26-18-11-27-12-18/h2-8,10,18,25-26H,11-12H2,1H3/b17-10-,25-21?. The first-order valence-corrected chi connectivity index (χ1v) is 9.70. The van der Waals surface area contributed by atoms with E-state index in [2.05, 4.69) is 5.32 Å². The maximum atomic E-state index is 14.1. The highest BCUT2D eigenvalue weighted by Crippen LogP contribution is 2.38. The fourth-order valence-corrected chi connectivity index (χ4v) is 4.11. The highest BCUT2D eigenvalue weighted by Gasteiger charge is 2.19. The number of nitriles is 1. The molecule has 0 spiro atoms. The van der Waals surface area contributed by atoms with Crippen LogP contribution in [0.2, 0.25) is 0 Å². The average molecular weight is 391 g/mol. The van der Waals surface area contributed by atoms with E-state index < -0.39 is 5.82 Å². The van der Waals surface area contributed by atoms with Gasteiger partial charge in [-0.2, -0.15) is 5.26 Å². The third-order valence-corrected chi connectivity index (χ3v) is 5.78.